The third kappa shape index (κ3) is 9.61. The number of hydrogen-bond donors (Lipinski definition) is 17. The first-order valence-electron chi connectivity index (χ1n) is 17.6. The summed E-state index contributed by atoms with van der Waals surface area (Å²) in [7, 11) is 0. The summed E-state index contributed by atoms with van der Waals surface area (Å²) in [6.07, 6.45) is -44.5. The van der Waals surface area contributed by atoms with Crippen molar-refractivity contribution in [2.24, 2.45) is 0 Å². The molecule has 5 rings (SSSR count). The molecule has 0 aromatic heterocycles. The second-order valence-corrected chi connectivity index (χ2v) is 14.1. The summed E-state index contributed by atoms with van der Waals surface area (Å²) in [6.45, 7) is -3.77. The first-order chi connectivity index (χ1) is 26.4. The van der Waals surface area contributed by atoms with E-state index in [0.29, 0.717) is 0 Å². The average molecular weight is 829 g/mol. The van der Waals surface area contributed by atoms with E-state index in [4.69, 9.17) is 42.6 Å². The summed E-state index contributed by atoms with van der Waals surface area (Å²) in [5.41, 5.74) is 0. The maximum atomic E-state index is 10.6. The highest BCUT2D eigenvalue weighted by molar-refractivity contribution is 4.95. The summed E-state index contributed by atoms with van der Waals surface area (Å²) in [6, 6.07) is 0. The van der Waals surface area contributed by atoms with Gasteiger partial charge in [-0.25, -0.2) is 0 Å². The molecule has 56 heavy (non-hydrogen) atoms. The minimum Gasteiger partial charge on any atom is -0.394 e. The predicted octanol–water partition coefficient (Wildman–Crippen LogP) is -11.9. The molecule has 328 valence electrons. The van der Waals surface area contributed by atoms with Crippen LogP contribution in [0.5, 0.6) is 0 Å². The van der Waals surface area contributed by atoms with Gasteiger partial charge in [-0.15, -0.1) is 0 Å². The molecule has 0 spiro atoms. The van der Waals surface area contributed by atoms with Gasteiger partial charge in [0.15, 0.2) is 31.5 Å². The molecule has 5 heterocycles. The van der Waals surface area contributed by atoms with Crippen molar-refractivity contribution in [3.8, 4) is 0 Å². The minimum absolute atomic E-state index is 0.675. The zero-order chi connectivity index (χ0) is 41.3. The van der Waals surface area contributed by atoms with E-state index in [9.17, 15) is 86.8 Å². The Labute approximate surface area is 316 Å². The molecule has 0 saturated carbocycles. The van der Waals surface area contributed by atoms with Crippen LogP contribution in [-0.2, 0) is 42.6 Å². The average Bonchev–Trinajstić information content (AvgIpc) is 3.18. The number of aliphatic hydroxyl groups excluding tert-OH is 17. The Morgan fingerprint density at radius 1 is 0.268 bits per heavy atom. The fourth-order valence-corrected chi connectivity index (χ4v) is 6.64. The second kappa shape index (κ2) is 19.6. The molecule has 26 nitrogen and oxygen atoms in total. The molecular weight excluding hydrogens is 776 g/mol. The molecule has 25 atom stereocenters. The quantitative estimate of drug-likeness (QED) is 0.0819. The molecule has 0 aromatic rings. The van der Waals surface area contributed by atoms with Crippen LogP contribution in [0.1, 0.15) is 0 Å². The molecule has 0 unspecified atom stereocenters. The van der Waals surface area contributed by atoms with Gasteiger partial charge in [-0.1, -0.05) is 0 Å². The number of hydrogen-bond acceptors (Lipinski definition) is 26. The van der Waals surface area contributed by atoms with E-state index in [1.807, 2.05) is 0 Å². The molecule has 5 fully saturated rings. The highest BCUT2D eigenvalue weighted by Gasteiger charge is 2.52. The van der Waals surface area contributed by atoms with Crippen LogP contribution in [0.4, 0.5) is 0 Å². The highest BCUT2D eigenvalue weighted by Crippen LogP contribution is 2.31. The maximum Gasteiger partial charge on any atom is 0.189 e. The Hall–Kier alpha value is -1.04. The molecule has 26 heteroatoms. The molecule has 5 saturated heterocycles. The highest BCUT2D eigenvalue weighted by atomic mass is 16.8. The molecule has 0 radical (unpaired) electrons. The van der Waals surface area contributed by atoms with Gasteiger partial charge < -0.3 is 129 Å². The van der Waals surface area contributed by atoms with Crippen molar-refractivity contribution < 1.29 is 129 Å². The van der Waals surface area contributed by atoms with Crippen molar-refractivity contribution in [3.05, 3.63) is 0 Å². The van der Waals surface area contributed by atoms with Crippen LogP contribution < -0.4 is 0 Å². The molecule has 0 bridgehead atoms. The van der Waals surface area contributed by atoms with Gasteiger partial charge in [0.1, 0.15) is 122 Å². The largest absolute Gasteiger partial charge is 0.394 e. The first-order valence-corrected chi connectivity index (χ1v) is 17.6. The van der Waals surface area contributed by atoms with Crippen LogP contribution in [0.3, 0.4) is 0 Å². The van der Waals surface area contributed by atoms with E-state index in [1.54, 1.807) is 0 Å². The molecule has 17 N–H and O–H groups in total. The normalized spacial score (nSPS) is 53.2. The van der Waals surface area contributed by atoms with Crippen molar-refractivity contribution in [1.29, 1.82) is 0 Å². The molecule has 0 aliphatic carbocycles. The van der Waals surface area contributed by atoms with Crippen LogP contribution in [0.25, 0.3) is 0 Å². The topological polar surface area (TPSA) is 427 Å². The monoisotopic (exact) mass is 828 g/mol. The zero-order valence-corrected chi connectivity index (χ0v) is 29.2. The van der Waals surface area contributed by atoms with Gasteiger partial charge in [0.25, 0.3) is 0 Å². The van der Waals surface area contributed by atoms with Crippen LogP contribution in [-0.4, -0.2) is 273 Å². The predicted molar refractivity (Wildman–Crippen MR) is 167 cm³/mol. The van der Waals surface area contributed by atoms with E-state index in [-0.39, 0.29) is 0 Å². The van der Waals surface area contributed by atoms with Crippen LogP contribution in [0.2, 0.25) is 0 Å². The number of rotatable bonds is 13. The van der Waals surface area contributed by atoms with Gasteiger partial charge >= 0.3 is 0 Å². The lowest BCUT2D eigenvalue weighted by atomic mass is 9.97. The minimum atomic E-state index is -1.99. The third-order valence-electron chi connectivity index (χ3n) is 10.2. The Bertz CT molecular complexity index is 1200. The second-order valence-electron chi connectivity index (χ2n) is 14.1. The first kappa shape index (κ1) is 46.0. The van der Waals surface area contributed by atoms with E-state index in [2.05, 4.69) is 0 Å². The lowest BCUT2D eigenvalue weighted by molar-refractivity contribution is -0.381. The van der Waals surface area contributed by atoms with Gasteiger partial charge in [0, 0.05) is 0 Å². The Kier molecular flexibility index (Phi) is 16.1. The van der Waals surface area contributed by atoms with Crippen molar-refractivity contribution in [2.45, 2.75) is 154 Å². The number of aliphatic hydroxyl groups is 17. The zero-order valence-electron chi connectivity index (χ0n) is 29.2. The van der Waals surface area contributed by atoms with E-state index in [1.165, 1.54) is 0 Å². The van der Waals surface area contributed by atoms with Crippen molar-refractivity contribution in [3.63, 3.8) is 0 Å². The molecule has 5 aliphatic rings. The van der Waals surface area contributed by atoms with E-state index in [0.717, 1.165) is 0 Å². The van der Waals surface area contributed by atoms with Gasteiger partial charge in [-0.05, 0) is 0 Å². The summed E-state index contributed by atoms with van der Waals surface area (Å²) >= 11 is 0. The lowest BCUT2D eigenvalue weighted by Gasteiger charge is -2.45. The van der Waals surface area contributed by atoms with Crippen molar-refractivity contribution in [2.75, 3.05) is 33.0 Å². The SMILES string of the molecule is OC[C@H]1O[C@H](OC[C@H]2O[C@H](OC[C@H]3O[C@H](OC[C@H]4O[C@H](O[C@H]5O[C@H](CO)[C@@H](O)[C@H](O)[C@H]5O)[C@H](O)[C@@H](O)[C@@H]4O)[C@H](O)[C@@H](O)[C@@H]3O)[C@H](O)[C@@H](O)[C@@H]2O)[C@H](O)[C@@H](O)[C@@H]1O. The van der Waals surface area contributed by atoms with Crippen LogP contribution in [0, 0.1) is 0 Å². The van der Waals surface area contributed by atoms with Crippen LogP contribution in [0.15, 0.2) is 0 Å². The summed E-state index contributed by atoms with van der Waals surface area (Å²) < 4.78 is 48.7. The van der Waals surface area contributed by atoms with Gasteiger partial charge in [0.2, 0.25) is 0 Å². The molecular formula is C30H52O26. The fraction of sp³-hybridized carbons (Fsp3) is 1.00. The van der Waals surface area contributed by atoms with E-state index < -0.39 is 187 Å². The summed E-state index contributed by atoms with van der Waals surface area (Å²) in [5, 5.41) is 174. The standard InChI is InChI=1S/C30H52O26/c31-1-6-11(33)16(38)21(43)26(51-6)48-3-8-13(35)18(40)22(44)27(53-8)49-4-9-14(36)19(41)23(45)28(54-9)50-5-10-15(37)20(42)25(47)30(55-10)56-29-24(46)17(39)12(34)7(2-32)52-29/h6-47H,1-5H2/t6-,7-,8-,9-,10-,11-,12-,13-,14-,15-,16+,17+,18+,19+,20+,21-,22-,23-,24-,25-,26+,27+,28+,29-,30-/m1/s1. The maximum absolute atomic E-state index is 10.6. The lowest BCUT2D eigenvalue weighted by Crippen LogP contribution is -2.64. The number of ether oxygens (including phenoxy) is 9. The summed E-state index contributed by atoms with van der Waals surface area (Å²) in [4.78, 5) is 0. The van der Waals surface area contributed by atoms with Crippen molar-refractivity contribution >= 4 is 0 Å². The molecule has 0 aromatic carbocycles. The Balaban J connectivity index is 1.17. The fourth-order valence-electron chi connectivity index (χ4n) is 6.64. The van der Waals surface area contributed by atoms with Gasteiger partial charge in [-0.3, -0.25) is 0 Å². The molecule has 5 aliphatic heterocycles. The Morgan fingerprint density at radius 2 is 0.482 bits per heavy atom. The third-order valence-corrected chi connectivity index (χ3v) is 10.2. The summed E-state index contributed by atoms with van der Waals surface area (Å²) in [5.74, 6) is 0. The van der Waals surface area contributed by atoms with Crippen molar-refractivity contribution in [1.82, 2.24) is 0 Å². The van der Waals surface area contributed by atoms with E-state index >= 15 is 0 Å². The van der Waals surface area contributed by atoms with Gasteiger partial charge in [-0.2, -0.15) is 0 Å². The van der Waals surface area contributed by atoms with Crippen LogP contribution >= 0.6 is 0 Å². The Morgan fingerprint density at radius 3 is 0.768 bits per heavy atom. The van der Waals surface area contributed by atoms with Gasteiger partial charge in [0.05, 0.1) is 33.0 Å². The smallest absolute Gasteiger partial charge is 0.189 e. The molecule has 0 amide bonds.